The molecule has 0 spiro atoms. The van der Waals surface area contributed by atoms with E-state index in [1.54, 1.807) is 5.38 Å². The smallest absolute Gasteiger partial charge is 0.254 e. The van der Waals surface area contributed by atoms with Crippen molar-refractivity contribution in [3.63, 3.8) is 0 Å². The fourth-order valence-corrected chi connectivity index (χ4v) is 2.30. The maximum atomic E-state index is 11.9. The van der Waals surface area contributed by atoms with Crippen molar-refractivity contribution >= 4 is 28.3 Å². The highest BCUT2D eigenvalue weighted by atomic mass is 32.1. The number of rotatable bonds is 3. The average molecular weight is 269 g/mol. The molecule has 0 unspecified atom stereocenters. The van der Waals surface area contributed by atoms with E-state index in [1.165, 1.54) is 23.3 Å². The molecule has 1 aromatic heterocycles. The quantitative estimate of drug-likeness (QED) is 0.900. The van der Waals surface area contributed by atoms with Gasteiger partial charge in [0.2, 0.25) is 5.91 Å². The Morgan fingerprint density at radius 3 is 2.94 bits per heavy atom. The number of aromatic nitrogens is 1. The van der Waals surface area contributed by atoms with Crippen LogP contribution in [0.5, 0.6) is 0 Å². The van der Waals surface area contributed by atoms with Crippen LogP contribution in [0.1, 0.15) is 26.5 Å². The fourth-order valence-electron chi connectivity index (χ4n) is 1.55. The summed E-state index contributed by atoms with van der Waals surface area (Å²) in [4.78, 5) is 32.3. The lowest BCUT2D eigenvalue weighted by molar-refractivity contribution is -0.165. The van der Waals surface area contributed by atoms with Crippen LogP contribution in [0.4, 0.5) is 5.13 Å². The number of amides is 2. The molecule has 6 nitrogen and oxygen atoms in total. The zero-order chi connectivity index (χ0) is 13.3. The Morgan fingerprint density at radius 1 is 1.67 bits per heavy atom. The number of carbonyl (C=O) groups is 2. The molecule has 1 fully saturated rings. The van der Waals surface area contributed by atoms with E-state index in [0.29, 0.717) is 24.0 Å². The third kappa shape index (κ3) is 2.68. The summed E-state index contributed by atoms with van der Waals surface area (Å²) >= 11 is 1.33. The first-order chi connectivity index (χ1) is 8.38. The van der Waals surface area contributed by atoms with E-state index in [2.05, 4.69) is 10.3 Å². The van der Waals surface area contributed by atoms with Gasteiger partial charge in [-0.3, -0.25) is 14.4 Å². The minimum atomic E-state index is -0.476. The van der Waals surface area contributed by atoms with Gasteiger partial charge in [0, 0.05) is 12.3 Å². The largest absolute Gasteiger partial charge is 0.302 e. The van der Waals surface area contributed by atoms with Gasteiger partial charge in [0.1, 0.15) is 0 Å². The van der Waals surface area contributed by atoms with E-state index in [0.717, 1.165) is 0 Å². The molecule has 0 aliphatic carbocycles. The second-order valence-electron chi connectivity index (χ2n) is 4.82. The van der Waals surface area contributed by atoms with Gasteiger partial charge in [-0.1, -0.05) is 0 Å². The molecule has 1 aliphatic rings. The van der Waals surface area contributed by atoms with Gasteiger partial charge in [-0.2, -0.15) is 0 Å². The number of hydroxylamine groups is 2. The monoisotopic (exact) mass is 269 g/mol. The molecule has 7 heteroatoms. The molecule has 18 heavy (non-hydrogen) atoms. The zero-order valence-electron chi connectivity index (χ0n) is 10.5. The van der Waals surface area contributed by atoms with Gasteiger partial charge in [0.15, 0.2) is 5.13 Å². The molecule has 0 atom stereocenters. The van der Waals surface area contributed by atoms with Crippen molar-refractivity contribution < 1.29 is 14.4 Å². The van der Waals surface area contributed by atoms with E-state index >= 15 is 0 Å². The SMILES string of the molecule is CC(=O)Nc1nc(CN2OCC(C)(C)C2=O)cs1. The first kappa shape index (κ1) is 13.0. The van der Waals surface area contributed by atoms with Crippen molar-refractivity contribution in [1.82, 2.24) is 10.0 Å². The highest BCUT2D eigenvalue weighted by molar-refractivity contribution is 7.13. The molecule has 0 aromatic carbocycles. The van der Waals surface area contributed by atoms with Crippen LogP contribution in [-0.2, 0) is 21.0 Å². The molecule has 2 amide bonds. The highest BCUT2D eigenvalue weighted by Crippen LogP contribution is 2.28. The number of hydrogen-bond acceptors (Lipinski definition) is 5. The van der Waals surface area contributed by atoms with Crippen LogP contribution in [0, 0.1) is 5.41 Å². The van der Waals surface area contributed by atoms with E-state index < -0.39 is 5.41 Å². The second kappa shape index (κ2) is 4.66. The molecule has 2 rings (SSSR count). The standard InChI is InChI=1S/C11H15N3O3S/c1-7(15)12-10-13-8(5-18-10)4-14-9(16)11(2,3)6-17-14/h5H,4,6H2,1-3H3,(H,12,13,15). The van der Waals surface area contributed by atoms with Crippen molar-refractivity contribution in [3.05, 3.63) is 11.1 Å². The summed E-state index contributed by atoms with van der Waals surface area (Å²) in [6, 6.07) is 0. The van der Waals surface area contributed by atoms with Gasteiger partial charge in [-0.15, -0.1) is 11.3 Å². The fraction of sp³-hybridized carbons (Fsp3) is 0.545. The molecule has 1 N–H and O–H groups in total. The Labute approximate surface area is 109 Å². The van der Waals surface area contributed by atoms with E-state index in [1.807, 2.05) is 13.8 Å². The van der Waals surface area contributed by atoms with Crippen LogP contribution in [0.3, 0.4) is 0 Å². The molecular weight excluding hydrogens is 254 g/mol. The van der Waals surface area contributed by atoms with E-state index in [9.17, 15) is 9.59 Å². The number of nitrogens with one attached hydrogen (secondary N) is 1. The normalized spacial score (nSPS) is 18.2. The third-order valence-electron chi connectivity index (χ3n) is 2.53. The van der Waals surface area contributed by atoms with Crippen LogP contribution >= 0.6 is 11.3 Å². The first-order valence-electron chi connectivity index (χ1n) is 5.55. The van der Waals surface area contributed by atoms with Gasteiger partial charge < -0.3 is 5.32 Å². The predicted octanol–water partition coefficient (Wildman–Crippen LogP) is 1.40. The Bertz CT molecular complexity index is 484. The molecule has 1 aliphatic heterocycles. The number of thiazole rings is 1. The summed E-state index contributed by atoms with van der Waals surface area (Å²) in [5.74, 6) is -0.206. The summed E-state index contributed by atoms with van der Waals surface area (Å²) in [5.41, 5.74) is 0.228. The molecule has 1 aromatic rings. The van der Waals surface area contributed by atoms with Crippen molar-refractivity contribution in [2.24, 2.45) is 5.41 Å². The van der Waals surface area contributed by atoms with Crippen molar-refractivity contribution in [3.8, 4) is 0 Å². The number of carbonyl (C=O) groups excluding carboxylic acids is 2. The van der Waals surface area contributed by atoms with Gasteiger partial charge in [0.05, 0.1) is 24.3 Å². The van der Waals surface area contributed by atoms with Crippen LogP contribution < -0.4 is 5.32 Å². The summed E-state index contributed by atoms with van der Waals surface area (Å²) < 4.78 is 0. The third-order valence-corrected chi connectivity index (χ3v) is 3.33. The molecule has 1 saturated heterocycles. The van der Waals surface area contributed by atoms with Crippen LogP contribution in [0.2, 0.25) is 0 Å². The minimum Gasteiger partial charge on any atom is -0.302 e. The molecule has 0 saturated carbocycles. The lowest BCUT2D eigenvalue weighted by Gasteiger charge is -2.14. The molecule has 0 radical (unpaired) electrons. The van der Waals surface area contributed by atoms with Gasteiger partial charge in [0.25, 0.3) is 5.91 Å². The summed E-state index contributed by atoms with van der Waals surface area (Å²) in [5, 5.41) is 6.26. The predicted molar refractivity (Wildman–Crippen MR) is 66.7 cm³/mol. The number of hydrogen-bond donors (Lipinski definition) is 1. The van der Waals surface area contributed by atoms with E-state index in [-0.39, 0.29) is 11.8 Å². The molecule has 98 valence electrons. The number of nitrogens with zero attached hydrogens (tertiary/aromatic N) is 2. The maximum Gasteiger partial charge on any atom is 0.254 e. The van der Waals surface area contributed by atoms with Crippen molar-refractivity contribution in [2.45, 2.75) is 27.3 Å². The summed E-state index contributed by atoms with van der Waals surface area (Å²) in [6.07, 6.45) is 0. The molecular formula is C11H15N3O3S. The van der Waals surface area contributed by atoms with Crippen molar-refractivity contribution in [1.29, 1.82) is 0 Å². The Kier molecular flexibility index (Phi) is 3.36. The van der Waals surface area contributed by atoms with Crippen molar-refractivity contribution in [2.75, 3.05) is 11.9 Å². The van der Waals surface area contributed by atoms with Crippen LogP contribution in [-0.4, -0.2) is 28.5 Å². The van der Waals surface area contributed by atoms with E-state index in [4.69, 9.17) is 4.84 Å². The Morgan fingerprint density at radius 2 is 2.39 bits per heavy atom. The topological polar surface area (TPSA) is 71.5 Å². The lowest BCUT2D eigenvalue weighted by Crippen LogP contribution is -2.30. The van der Waals surface area contributed by atoms with Crippen LogP contribution in [0.25, 0.3) is 0 Å². The average Bonchev–Trinajstić information content (AvgIpc) is 2.78. The zero-order valence-corrected chi connectivity index (χ0v) is 11.3. The number of anilines is 1. The van der Waals surface area contributed by atoms with Crippen LogP contribution in [0.15, 0.2) is 5.38 Å². The maximum absolute atomic E-state index is 11.9. The summed E-state index contributed by atoms with van der Waals surface area (Å²) in [7, 11) is 0. The minimum absolute atomic E-state index is 0.0448. The summed E-state index contributed by atoms with van der Waals surface area (Å²) in [6.45, 7) is 5.81. The van der Waals surface area contributed by atoms with Gasteiger partial charge in [-0.05, 0) is 13.8 Å². The Hall–Kier alpha value is -1.47. The second-order valence-corrected chi connectivity index (χ2v) is 5.68. The Balaban J connectivity index is 2.00. The lowest BCUT2D eigenvalue weighted by atomic mass is 9.95. The first-order valence-corrected chi connectivity index (χ1v) is 6.43. The van der Waals surface area contributed by atoms with Gasteiger partial charge in [-0.25, -0.2) is 10.0 Å². The van der Waals surface area contributed by atoms with Gasteiger partial charge >= 0.3 is 0 Å². The highest BCUT2D eigenvalue weighted by Gasteiger charge is 2.40. The molecule has 2 heterocycles. The molecule has 0 bridgehead atoms.